The number of hydrogen-bond donors (Lipinski definition) is 1. The Morgan fingerprint density at radius 2 is 1.94 bits per heavy atom. The van der Waals surface area contributed by atoms with Gasteiger partial charge in [-0.25, -0.2) is 0 Å². The Balaban J connectivity index is 2.65. The molecule has 0 radical (unpaired) electrons. The first-order valence-electron chi connectivity index (χ1n) is 6.43. The van der Waals surface area contributed by atoms with Crippen LogP contribution in [-0.4, -0.2) is 19.7 Å². The van der Waals surface area contributed by atoms with Crippen molar-refractivity contribution in [3.8, 4) is 11.8 Å². The average molecular weight is 246 g/mol. The molecule has 0 bridgehead atoms. The van der Waals surface area contributed by atoms with Crippen LogP contribution in [0.25, 0.3) is 0 Å². The number of aryl methyl sites for hydroxylation is 2. The van der Waals surface area contributed by atoms with Crippen LogP contribution < -0.4 is 10.1 Å². The molecule has 1 aromatic rings. The molecule has 0 aliphatic heterocycles. The third-order valence-corrected chi connectivity index (χ3v) is 2.84. The van der Waals surface area contributed by atoms with Crippen LogP contribution >= 0.6 is 0 Å². The Kier molecular flexibility index (Phi) is 5.67. The number of ether oxygens (including phenoxy) is 1. The molecule has 18 heavy (non-hydrogen) atoms. The summed E-state index contributed by atoms with van der Waals surface area (Å²) in [5, 5.41) is 12.2. The Morgan fingerprint density at radius 3 is 2.44 bits per heavy atom. The second kappa shape index (κ2) is 7.03. The Bertz CT molecular complexity index is 412. The molecule has 0 amide bonds. The topological polar surface area (TPSA) is 45.0 Å². The zero-order valence-electron chi connectivity index (χ0n) is 11.7. The quantitative estimate of drug-likeness (QED) is 0.839. The fourth-order valence-corrected chi connectivity index (χ4v) is 1.92. The standard InChI is InChI=1S/C15H22N2O/c1-5-17-9-11(2)10-18-15-12(3)6-14(8-16)7-13(15)4/h6-7,11,17H,5,9-10H2,1-4H3. The van der Waals surface area contributed by atoms with E-state index in [0.717, 1.165) is 30.0 Å². The minimum absolute atomic E-state index is 0.472. The predicted octanol–water partition coefficient (Wildman–Crippen LogP) is 2.80. The van der Waals surface area contributed by atoms with Gasteiger partial charge in [0.05, 0.1) is 18.2 Å². The van der Waals surface area contributed by atoms with Crippen molar-refractivity contribution in [2.45, 2.75) is 27.7 Å². The van der Waals surface area contributed by atoms with Gasteiger partial charge >= 0.3 is 0 Å². The van der Waals surface area contributed by atoms with Crippen LogP contribution in [-0.2, 0) is 0 Å². The summed E-state index contributed by atoms with van der Waals surface area (Å²) in [6.07, 6.45) is 0. The lowest BCUT2D eigenvalue weighted by Gasteiger charge is -2.16. The van der Waals surface area contributed by atoms with Gasteiger partial charge in [0, 0.05) is 12.5 Å². The molecule has 0 saturated heterocycles. The van der Waals surface area contributed by atoms with Crippen LogP contribution in [0.15, 0.2) is 12.1 Å². The van der Waals surface area contributed by atoms with E-state index in [0.29, 0.717) is 18.1 Å². The van der Waals surface area contributed by atoms with Crippen molar-refractivity contribution < 1.29 is 4.74 Å². The molecular formula is C15H22N2O. The monoisotopic (exact) mass is 246 g/mol. The number of nitrogens with zero attached hydrogens (tertiary/aromatic N) is 1. The molecule has 98 valence electrons. The predicted molar refractivity (Wildman–Crippen MR) is 73.8 cm³/mol. The molecule has 0 aromatic heterocycles. The van der Waals surface area contributed by atoms with Gasteiger partial charge in [0.1, 0.15) is 5.75 Å². The molecule has 1 rings (SSSR count). The molecule has 1 unspecified atom stereocenters. The Morgan fingerprint density at radius 1 is 1.33 bits per heavy atom. The van der Waals surface area contributed by atoms with Gasteiger partial charge in [0.15, 0.2) is 0 Å². The van der Waals surface area contributed by atoms with Gasteiger partial charge in [-0.2, -0.15) is 5.26 Å². The van der Waals surface area contributed by atoms with E-state index in [4.69, 9.17) is 10.00 Å². The summed E-state index contributed by atoms with van der Waals surface area (Å²) in [5.41, 5.74) is 2.75. The number of nitriles is 1. The molecule has 0 aliphatic rings. The van der Waals surface area contributed by atoms with E-state index in [1.165, 1.54) is 0 Å². The first kappa shape index (κ1) is 14.5. The minimum Gasteiger partial charge on any atom is -0.493 e. The van der Waals surface area contributed by atoms with Gasteiger partial charge in [0.2, 0.25) is 0 Å². The van der Waals surface area contributed by atoms with Crippen LogP contribution in [0, 0.1) is 31.1 Å². The van der Waals surface area contributed by atoms with Gasteiger partial charge < -0.3 is 10.1 Å². The summed E-state index contributed by atoms with van der Waals surface area (Å²) in [6.45, 7) is 10.9. The summed E-state index contributed by atoms with van der Waals surface area (Å²) >= 11 is 0. The van der Waals surface area contributed by atoms with E-state index in [9.17, 15) is 0 Å². The van der Waals surface area contributed by atoms with Gasteiger partial charge in [-0.05, 0) is 43.7 Å². The molecule has 0 aliphatic carbocycles. The molecule has 1 aromatic carbocycles. The summed E-state index contributed by atoms with van der Waals surface area (Å²) in [6, 6.07) is 5.91. The number of rotatable bonds is 6. The van der Waals surface area contributed by atoms with E-state index < -0.39 is 0 Å². The highest BCUT2D eigenvalue weighted by molar-refractivity contribution is 5.47. The Hall–Kier alpha value is -1.53. The first-order valence-corrected chi connectivity index (χ1v) is 6.43. The average Bonchev–Trinajstić information content (AvgIpc) is 2.34. The van der Waals surface area contributed by atoms with Crippen LogP contribution in [0.2, 0.25) is 0 Å². The van der Waals surface area contributed by atoms with Gasteiger partial charge in [0.25, 0.3) is 0 Å². The van der Waals surface area contributed by atoms with E-state index >= 15 is 0 Å². The summed E-state index contributed by atoms with van der Waals surface area (Å²) in [7, 11) is 0. The fourth-order valence-electron chi connectivity index (χ4n) is 1.92. The normalized spacial score (nSPS) is 11.9. The second-order valence-corrected chi connectivity index (χ2v) is 4.77. The van der Waals surface area contributed by atoms with Crippen molar-refractivity contribution in [3.05, 3.63) is 28.8 Å². The van der Waals surface area contributed by atoms with Gasteiger partial charge in [-0.3, -0.25) is 0 Å². The molecular weight excluding hydrogens is 224 g/mol. The lowest BCUT2D eigenvalue weighted by molar-refractivity contribution is 0.253. The van der Waals surface area contributed by atoms with E-state index in [-0.39, 0.29) is 0 Å². The van der Waals surface area contributed by atoms with Crippen LogP contribution in [0.4, 0.5) is 0 Å². The maximum atomic E-state index is 8.89. The lowest BCUT2D eigenvalue weighted by Crippen LogP contribution is -2.24. The third kappa shape index (κ3) is 4.05. The van der Waals surface area contributed by atoms with E-state index in [1.807, 2.05) is 26.0 Å². The first-order chi connectivity index (χ1) is 8.58. The zero-order valence-corrected chi connectivity index (χ0v) is 11.7. The number of nitrogens with one attached hydrogen (secondary N) is 1. The minimum atomic E-state index is 0.472. The fraction of sp³-hybridized carbons (Fsp3) is 0.533. The summed E-state index contributed by atoms with van der Waals surface area (Å²) < 4.78 is 5.88. The molecule has 0 fully saturated rings. The van der Waals surface area contributed by atoms with E-state index in [1.54, 1.807) is 0 Å². The van der Waals surface area contributed by atoms with Crippen LogP contribution in [0.3, 0.4) is 0 Å². The molecule has 0 heterocycles. The van der Waals surface area contributed by atoms with Crippen LogP contribution in [0.1, 0.15) is 30.5 Å². The van der Waals surface area contributed by atoms with Crippen molar-refractivity contribution in [1.29, 1.82) is 5.26 Å². The van der Waals surface area contributed by atoms with Gasteiger partial charge in [-0.1, -0.05) is 13.8 Å². The Labute approximate surface area is 110 Å². The van der Waals surface area contributed by atoms with Crippen molar-refractivity contribution >= 4 is 0 Å². The summed E-state index contributed by atoms with van der Waals surface area (Å²) in [5.74, 6) is 1.39. The highest BCUT2D eigenvalue weighted by Gasteiger charge is 2.08. The van der Waals surface area contributed by atoms with Crippen LogP contribution in [0.5, 0.6) is 5.75 Å². The number of hydrogen-bond acceptors (Lipinski definition) is 3. The van der Waals surface area contributed by atoms with Crippen molar-refractivity contribution in [1.82, 2.24) is 5.32 Å². The maximum Gasteiger partial charge on any atom is 0.125 e. The molecule has 3 heteroatoms. The van der Waals surface area contributed by atoms with Gasteiger partial charge in [-0.15, -0.1) is 0 Å². The van der Waals surface area contributed by atoms with Crippen molar-refractivity contribution in [2.24, 2.45) is 5.92 Å². The molecule has 0 saturated carbocycles. The maximum absolute atomic E-state index is 8.89. The molecule has 1 atom stereocenters. The summed E-state index contributed by atoms with van der Waals surface area (Å²) in [4.78, 5) is 0. The lowest BCUT2D eigenvalue weighted by atomic mass is 10.1. The smallest absolute Gasteiger partial charge is 0.125 e. The molecule has 0 spiro atoms. The molecule has 1 N–H and O–H groups in total. The largest absolute Gasteiger partial charge is 0.493 e. The highest BCUT2D eigenvalue weighted by Crippen LogP contribution is 2.24. The van der Waals surface area contributed by atoms with Crippen molar-refractivity contribution in [3.63, 3.8) is 0 Å². The SMILES string of the molecule is CCNCC(C)COc1c(C)cc(C#N)cc1C. The second-order valence-electron chi connectivity index (χ2n) is 4.77. The van der Waals surface area contributed by atoms with Crippen molar-refractivity contribution in [2.75, 3.05) is 19.7 Å². The third-order valence-electron chi connectivity index (χ3n) is 2.84. The zero-order chi connectivity index (χ0) is 13.5. The highest BCUT2D eigenvalue weighted by atomic mass is 16.5. The molecule has 3 nitrogen and oxygen atoms in total. The van der Waals surface area contributed by atoms with E-state index in [2.05, 4.69) is 25.2 Å². The number of benzene rings is 1.